The number of nitrogens with zero attached hydrogens (tertiary/aromatic N) is 2. The molecule has 0 radical (unpaired) electrons. The lowest BCUT2D eigenvalue weighted by Gasteiger charge is -2.13. The summed E-state index contributed by atoms with van der Waals surface area (Å²) in [5, 5.41) is 17.4. The average Bonchev–Trinajstić information content (AvgIpc) is 3.05. The second-order valence-electron chi connectivity index (χ2n) is 6.25. The van der Waals surface area contributed by atoms with Crippen LogP contribution in [0.4, 0.5) is 10.8 Å². The first-order valence-corrected chi connectivity index (χ1v) is 9.71. The number of benzene rings is 1. The fourth-order valence-corrected chi connectivity index (χ4v) is 3.50. The maximum absolute atomic E-state index is 12.3. The summed E-state index contributed by atoms with van der Waals surface area (Å²) in [7, 11) is 0. The number of nitrogens with one attached hydrogen (secondary N) is 3. The van der Waals surface area contributed by atoms with E-state index in [9.17, 15) is 14.4 Å². The average molecular weight is 387 g/mol. The number of anilines is 2. The topological polar surface area (TPSA) is 113 Å². The van der Waals surface area contributed by atoms with Crippen LogP contribution in [0.1, 0.15) is 48.0 Å². The Morgan fingerprint density at radius 2 is 2.07 bits per heavy atom. The molecule has 0 fully saturated rings. The van der Waals surface area contributed by atoms with Gasteiger partial charge >= 0.3 is 0 Å². The maximum atomic E-state index is 12.3. The van der Waals surface area contributed by atoms with Gasteiger partial charge in [-0.1, -0.05) is 36.8 Å². The van der Waals surface area contributed by atoms with Crippen LogP contribution in [0, 0.1) is 0 Å². The minimum absolute atomic E-state index is 0.0819. The summed E-state index contributed by atoms with van der Waals surface area (Å²) in [5.74, 6) is -0.935. The van der Waals surface area contributed by atoms with Crippen LogP contribution in [0.15, 0.2) is 24.3 Å². The van der Waals surface area contributed by atoms with Gasteiger partial charge in [0.2, 0.25) is 16.9 Å². The van der Waals surface area contributed by atoms with Crippen LogP contribution in [0.25, 0.3) is 0 Å². The molecule has 2 aromatic rings. The zero-order valence-corrected chi connectivity index (χ0v) is 15.8. The first-order chi connectivity index (χ1) is 13.1. The molecule has 142 valence electrons. The third-order valence-corrected chi connectivity index (χ3v) is 5.07. The highest BCUT2D eigenvalue weighted by atomic mass is 32.1. The van der Waals surface area contributed by atoms with Gasteiger partial charge in [-0.15, -0.1) is 10.2 Å². The summed E-state index contributed by atoms with van der Waals surface area (Å²) in [5.41, 5.74) is 0.881. The van der Waals surface area contributed by atoms with Crippen molar-refractivity contribution in [3.63, 3.8) is 0 Å². The molecule has 3 amide bonds. The molecule has 1 aliphatic rings. The predicted octanol–water partition coefficient (Wildman–Crippen LogP) is 2.35. The van der Waals surface area contributed by atoms with Crippen molar-refractivity contribution >= 4 is 39.9 Å². The summed E-state index contributed by atoms with van der Waals surface area (Å²) in [6.07, 6.45) is 3.22. The lowest BCUT2D eigenvalue weighted by atomic mass is 10.1. The van der Waals surface area contributed by atoms with Gasteiger partial charge in [-0.05, 0) is 25.0 Å². The molecule has 3 N–H and O–H groups in total. The monoisotopic (exact) mass is 387 g/mol. The number of para-hydroxylation sites is 1. The lowest BCUT2D eigenvalue weighted by molar-refractivity contribution is -0.118. The molecule has 0 spiro atoms. The number of rotatable bonds is 7. The van der Waals surface area contributed by atoms with Gasteiger partial charge in [-0.3, -0.25) is 14.4 Å². The first kappa shape index (κ1) is 19.0. The minimum Gasteiger partial charge on any atom is -0.340 e. The molecule has 9 heteroatoms. The molecule has 1 aromatic heterocycles. The van der Waals surface area contributed by atoms with Crippen molar-refractivity contribution in [3.8, 4) is 0 Å². The molecule has 8 nitrogen and oxygen atoms in total. The summed E-state index contributed by atoms with van der Waals surface area (Å²) < 4.78 is 0. The molecule has 2 heterocycles. The van der Waals surface area contributed by atoms with Crippen molar-refractivity contribution in [2.45, 2.75) is 45.1 Å². The quantitative estimate of drug-likeness (QED) is 0.675. The van der Waals surface area contributed by atoms with Crippen molar-refractivity contribution in [2.75, 3.05) is 10.6 Å². The molecule has 0 saturated heterocycles. The summed E-state index contributed by atoms with van der Waals surface area (Å²) in [6.45, 7) is 2.10. The number of hydrogen-bond acceptors (Lipinski definition) is 6. The number of aryl methyl sites for hydroxylation is 1. The van der Waals surface area contributed by atoms with E-state index >= 15 is 0 Å². The fourth-order valence-electron chi connectivity index (χ4n) is 2.71. The van der Waals surface area contributed by atoms with Crippen LogP contribution < -0.4 is 16.0 Å². The van der Waals surface area contributed by atoms with Crippen molar-refractivity contribution in [1.29, 1.82) is 0 Å². The molecular weight excluding hydrogens is 366 g/mol. The van der Waals surface area contributed by atoms with E-state index in [4.69, 9.17) is 0 Å². The van der Waals surface area contributed by atoms with Gasteiger partial charge in [-0.2, -0.15) is 0 Å². The maximum Gasteiger partial charge on any atom is 0.254 e. The highest BCUT2D eigenvalue weighted by Gasteiger charge is 2.27. The molecule has 0 aliphatic carbocycles. The zero-order chi connectivity index (χ0) is 19.2. The Kier molecular flexibility index (Phi) is 6.12. The smallest absolute Gasteiger partial charge is 0.254 e. The highest BCUT2D eigenvalue weighted by molar-refractivity contribution is 7.15. The standard InChI is InChI=1S/C18H21N5O3S/c1-2-3-8-15-22-23-18(27-15)21-14(24)10-9-13-17(26)19-12-7-5-4-6-11(12)16(25)20-13/h4-7,13H,2-3,8-10H2,1H3,(H,19,26)(H,20,25)(H,21,23,24). The molecule has 1 atom stereocenters. The molecule has 1 unspecified atom stereocenters. The second-order valence-corrected chi connectivity index (χ2v) is 7.31. The molecule has 3 rings (SSSR count). The molecule has 0 saturated carbocycles. The van der Waals surface area contributed by atoms with Gasteiger partial charge in [-0.25, -0.2) is 0 Å². The van der Waals surface area contributed by atoms with Crippen molar-refractivity contribution in [1.82, 2.24) is 15.5 Å². The Morgan fingerprint density at radius 1 is 1.26 bits per heavy atom. The van der Waals surface area contributed by atoms with Gasteiger partial charge in [0, 0.05) is 12.8 Å². The Morgan fingerprint density at radius 3 is 2.89 bits per heavy atom. The van der Waals surface area contributed by atoms with E-state index in [1.54, 1.807) is 24.3 Å². The Hall–Kier alpha value is -2.81. The number of fused-ring (bicyclic) bond motifs is 1. The molecule has 1 aromatic carbocycles. The summed E-state index contributed by atoms with van der Waals surface area (Å²) in [4.78, 5) is 36.7. The second kappa shape index (κ2) is 8.72. The first-order valence-electron chi connectivity index (χ1n) is 8.89. The van der Waals surface area contributed by atoms with Crippen LogP contribution in [-0.2, 0) is 16.0 Å². The predicted molar refractivity (Wildman–Crippen MR) is 103 cm³/mol. The molecule has 1 aliphatic heterocycles. The number of carbonyl (C=O) groups excluding carboxylic acids is 3. The molecular formula is C18H21N5O3S. The molecule has 27 heavy (non-hydrogen) atoms. The van der Waals surface area contributed by atoms with Crippen LogP contribution in [0.2, 0.25) is 0 Å². The summed E-state index contributed by atoms with van der Waals surface area (Å²) >= 11 is 1.36. The van der Waals surface area contributed by atoms with Crippen LogP contribution >= 0.6 is 11.3 Å². The summed E-state index contributed by atoms with van der Waals surface area (Å²) in [6, 6.07) is 6.02. The Bertz CT molecular complexity index is 851. The van der Waals surface area contributed by atoms with Crippen LogP contribution in [0.5, 0.6) is 0 Å². The third-order valence-electron chi connectivity index (χ3n) is 4.17. The number of aromatic nitrogens is 2. The van der Waals surface area contributed by atoms with Crippen molar-refractivity contribution < 1.29 is 14.4 Å². The van der Waals surface area contributed by atoms with E-state index in [2.05, 4.69) is 33.1 Å². The van der Waals surface area contributed by atoms with Gasteiger partial charge in [0.1, 0.15) is 11.0 Å². The number of unbranched alkanes of at least 4 members (excludes halogenated alkanes) is 1. The van der Waals surface area contributed by atoms with Crippen molar-refractivity contribution in [3.05, 3.63) is 34.8 Å². The fraction of sp³-hybridized carbons (Fsp3) is 0.389. The van der Waals surface area contributed by atoms with E-state index in [-0.39, 0.29) is 30.6 Å². The van der Waals surface area contributed by atoms with E-state index in [0.29, 0.717) is 16.4 Å². The van der Waals surface area contributed by atoms with Gasteiger partial charge < -0.3 is 16.0 Å². The van der Waals surface area contributed by atoms with E-state index in [1.165, 1.54) is 11.3 Å². The number of carbonyl (C=O) groups is 3. The Balaban J connectivity index is 1.53. The zero-order valence-electron chi connectivity index (χ0n) is 14.9. The number of hydrogen-bond donors (Lipinski definition) is 3. The van der Waals surface area contributed by atoms with Crippen LogP contribution in [0.3, 0.4) is 0 Å². The largest absolute Gasteiger partial charge is 0.340 e. The normalized spacial score (nSPS) is 16.1. The van der Waals surface area contributed by atoms with Gasteiger partial charge in [0.05, 0.1) is 11.3 Å². The van der Waals surface area contributed by atoms with Crippen molar-refractivity contribution in [2.24, 2.45) is 0 Å². The van der Waals surface area contributed by atoms with Crippen LogP contribution in [-0.4, -0.2) is 34.0 Å². The van der Waals surface area contributed by atoms with Gasteiger partial charge in [0.25, 0.3) is 5.91 Å². The SMILES string of the molecule is CCCCc1nnc(NC(=O)CCC2NC(=O)c3ccccc3NC2=O)s1. The number of amides is 3. The van der Waals surface area contributed by atoms with E-state index in [0.717, 1.165) is 24.3 Å². The highest BCUT2D eigenvalue weighted by Crippen LogP contribution is 2.20. The van der Waals surface area contributed by atoms with Gasteiger partial charge in [0.15, 0.2) is 0 Å². The third kappa shape index (κ3) is 4.88. The Labute approximate surface area is 160 Å². The van der Waals surface area contributed by atoms with E-state index in [1.807, 2.05) is 0 Å². The molecule has 0 bridgehead atoms. The lowest BCUT2D eigenvalue weighted by Crippen LogP contribution is -2.41. The van der Waals surface area contributed by atoms with E-state index < -0.39 is 6.04 Å². The minimum atomic E-state index is -0.773.